The van der Waals surface area contributed by atoms with Gasteiger partial charge in [0.05, 0.1) is 11.7 Å². The lowest BCUT2D eigenvalue weighted by molar-refractivity contribution is -0.274. The summed E-state index contributed by atoms with van der Waals surface area (Å²) < 4.78 is 41.8. The Balaban J connectivity index is 1.82. The molecule has 2 N–H and O–H groups in total. The highest BCUT2D eigenvalue weighted by molar-refractivity contribution is 6.11. The lowest BCUT2D eigenvalue weighted by atomic mass is 10.1. The molecular formula is C17H13F3N4O3. The molecule has 0 atom stereocenters. The third kappa shape index (κ3) is 4.17. The molecular weight excluding hydrogens is 365 g/mol. The summed E-state index contributed by atoms with van der Waals surface area (Å²) in [5, 5.41) is 18.9. The summed E-state index contributed by atoms with van der Waals surface area (Å²) in [5.74, 6) is -0.907. The number of nitrogens with one attached hydrogen (secondary N) is 1. The predicted molar refractivity (Wildman–Crippen MR) is 91.2 cm³/mol. The van der Waals surface area contributed by atoms with Gasteiger partial charge in [0, 0.05) is 18.1 Å². The van der Waals surface area contributed by atoms with Gasteiger partial charge in [0.2, 0.25) is 0 Å². The number of benzene rings is 2. The molecule has 0 aliphatic rings. The van der Waals surface area contributed by atoms with Crippen molar-refractivity contribution in [2.24, 2.45) is 12.2 Å². The Kier molecular flexibility index (Phi) is 4.72. The SMILES string of the molecule is Cn1nc(C(=O)Nc2ccc(OC(F)(F)F)cc2)c2ccc(/C=N/O)cc21. The number of halogens is 3. The van der Waals surface area contributed by atoms with Crippen molar-refractivity contribution < 1.29 is 27.9 Å². The fourth-order valence-corrected chi connectivity index (χ4v) is 2.52. The monoisotopic (exact) mass is 378 g/mol. The molecule has 3 rings (SSSR count). The molecule has 0 radical (unpaired) electrons. The van der Waals surface area contributed by atoms with Crippen LogP contribution in [0.25, 0.3) is 10.9 Å². The normalized spacial score (nSPS) is 11.9. The van der Waals surface area contributed by atoms with Gasteiger partial charge >= 0.3 is 6.36 Å². The second-order valence-corrected chi connectivity index (χ2v) is 5.52. The molecule has 0 unspecified atom stereocenters. The van der Waals surface area contributed by atoms with Crippen molar-refractivity contribution in [2.45, 2.75) is 6.36 Å². The standard InChI is InChI=1S/C17H13F3N4O3/c1-24-14-8-10(9-21-26)2-7-13(14)15(23-24)16(25)22-11-3-5-12(6-4-11)27-17(18,19)20/h2-9,26H,1H3,(H,22,25)/b21-9+. The van der Waals surface area contributed by atoms with Crippen molar-refractivity contribution >= 4 is 28.7 Å². The van der Waals surface area contributed by atoms with E-state index in [1.807, 2.05) is 0 Å². The number of amides is 1. The smallest absolute Gasteiger partial charge is 0.411 e. The molecule has 2 aromatic carbocycles. The second-order valence-electron chi connectivity index (χ2n) is 5.52. The lowest BCUT2D eigenvalue weighted by Gasteiger charge is -2.09. The number of carbonyl (C=O) groups excluding carboxylic acids is 1. The number of oxime groups is 1. The predicted octanol–water partition coefficient (Wildman–Crippen LogP) is 3.53. The van der Waals surface area contributed by atoms with Crippen LogP contribution in [0, 0.1) is 0 Å². The van der Waals surface area contributed by atoms with Crippen LogP contribution in [0.2, 0.25) is 0 Å². The molecule has 0 saturated heterocycles. The Morgan fingerprint density at radius 2 is 1.96 bits per heavy atom. The number of aryl methyl sites for hydroxylation is 1. The van der Waals surface area contributed by atoms with E-state index >= 15 is 0 Å². The van der Waals surface area contributed by atoms with Crippen molar-refractivity contribution in [3.05, 3.63) is 53.7 Å². The first-order chi connectivity index (χ1) is 12.8. The highest BCUT2D eigenvalue weighted by Crippen LogP contribution is 2.25. The van der Waals surface area contributed by atoms with E-state index < -0.39 is 12.3 Å². The van der Waals surface area contributed by atoms with Gasteiger partial charge in [-0.25, -0.2) is 0 Å². The average molecular weight is 378 g/mol. The quantitative estimate of drug-likeness (QED) is 0.413. The molecule has 0 fully saturated rings. The van der Waals surface area contributed by atoms with Crippen LogP contribution in [0.3, 0.4) is 0 Å². The van der Waals surface area contributed by atoms with E-state index in [0.29, 0.717) is 16.5 Å². The minimum atomic E-state index is -4.78. The van der Waals surface area contributed by atoms with Gasteiger partial charge < -0.3 is 15.3 Å². The van der Waals surface area contributed by atoms with Gasteiger partial charge in [-0.1, -0.05) is 11.2 Å². The molecule has 3 aromatic rings. The third-order valence-corrected chi connectivity index (χ3v) is 3.64. The molecule has 140 valence electrons. The fourth-order valence-electron chi connectivity index (χ4n) is 2.52. The number of anilines is 1. The summed E-state index contributed by atoms with van der Waals surface area (Å²) >= 11 is 0. The van der Waals surface area contributed by atoms with E-state index in [4.69, 9.17) is 5.21 Å². The van der Waals surface area contributed by atoms with E-state index in [1.165, 1.54) is 23.0 Å². The first-order valence-electron chi connectivity index (χ1n) is 7.58. The fraction of sp³-hybridized carbons (Fsp3) is 0.118. The van der Waals surface area contributed by atoms with Crippen LogP contribution in [0.4, 0.5) is 18.9 Å². The maximum atomic E-state index is 12.5. The Morgan fingerprint density at radius 3 is 2.59 bits per heavy atom. The van der Waals surface area contributed by atoms with Crippen LogP contribution in [0.1, 0.15) is 16.1 Å². The summed E-state index contributed by atoms with van der Waals surface area (Å²) in [7, 11) is 1.66. The van der Waals surface area contributed by atoms with Crippen molar-refractivity contribution in [1.82, 2.24) is 9.78 Å². The summed E-state index contributed by atoms with van der Waals surface area (Å²) in [4.78, 5) is 12.5. The van der Waals surface area contributed by atoms with Gasteiger partial charge in [0.1, 0.15) is 5.75 Å². The first kappa shape index (κ1) is 18.2. The Morgan fingerprint density at radius 1 is 1.26 bits per heavy atom. The molecule has 0 bridgehead atoms. The topological polar surface area (TPSA) is 88.7 Å². The summed E-state index contributed by atoms with van der Waals surface area (Å²) in [6.07, 6.45) is -3.53. The van der Waals surface area contributed by atoms with E-state index in [2.05, 4.69) is 20.3 Å². The largest absolute Gasteiger partial charge is 0.573 e. The number of aromatic nitrogens is 2. The Hall–Kier alpha value is -3.56. The van der Waals surface area contributed by atoms with Crippen LogP contribution in [-0.4, -0.2) is 33.5 Å². The molecule has 1 amide bonds. The van der Waals surface area contributed by atoms with Gasteiger partial charge in [-0.2, -0.15) is 5.10 Å². The Labute approximate surface area is 150 Å². The zero-order valence-corrected chi connectivity index (χ0v) is 13.9. The van der Waals surface area contributed by atoms with Crippen LogP contribution >= 0.6 is 0 Å². The molecule has 1 heterocycles. The minimum Gasteiger partial charge on any atom is -0.411 e. The van der Waals surface area contributed by atoms with Crippen molar-refractivity contribution in [2.75, 3.05) is 5.32 Å². The van der Waals surface area contributed by atoms with E-state index in [0.717, 1.165) is 12.1 Å². The van der Waals surface area contributed by atoms with E-state index in [9.17, 15) is 18.0 Å². The number of ether oxygens (including phenoxy) is 1. The number of rotatable bonds is 4. The number of alkyl halides is 3. The molecule has 0 aliphatic heterocycles. The minimum absolute atomic E-state index is 0.149. The summed E-state index contributed by atoms with van der Waals surface area (Å²) in [6.45, 7) is 0. The van der Waals surface area contributed by atoms with E-state index in [1.54, 1.807) is 25.2 Å². The lowest BCUT2D eigenvalue weighted by Crippen LogP contribution is -2.17. The van der Waals surface area contributed by atoms with Crippen LogP contribution in [-0.2, 0) is 7.05 Å². The average Bonchev–Trinajstić information content (AvgIpc) is 2.92. The van der Waals surface area contributed by atoms with Crippen molar-refractivity contribution in [3.8, 4) is 5.75 Å². The third-order valence-electron chi connectivity index (χ3n) is 3.64. The maximum Gasteiger partial charge on any atom is 0.573 e. The summed E-state index contributed by atoms with van der Waals surface area (Å²) in [6, 6.07) is 9.79. The van der Waals surface area contributed by atoms with Gasteiger partial charge in [-0.3, -0.25) is 9.48 Å². The van der Waals surface area contributed by atoms with Gasteiger partial charge in [-0.05, 0) is 42.0 Å². The van der Waals surface area contributed by atoms with Gasteiger partial charge in [-0.15, -0.1) is 13.2 Å². The number of nitrogens with zero attached hydrogens (tertiary/aromatic N) is 3. The molecule has 0 saturated carbocycles. The highest BCUT2D eigenvalue weighted by atomic mass is 19.4. The van der Waals surface area contributed by atoms with Crippen LogP contribution < -0.4 is 10.1 Å². The molecule has 1 aromatic heterocycles. The van der Waals surface area contributed by atoms with Crippen molar-refractivity contribution in [3.63, 3.8) is 0 Å². The first-order valence-corrected chi connectivity index (χ1v) is 7.58. The second kappa shape index (κ2) is 6.98. The number of hydrogen-bond acceptors (Lipinski definition) is 5. The molecule has 27 heavy (non-hydrogen) atoms. The molecule has 0 aliphatic carbocycles. The maximum absolute atomic E-state index is 12.5. The highest BCUT2D eigenvalue weighted by Gasteiger charge is 2.31. The van der Waals surface area contributed by atoms with E-state index in [-0.39, 0.29) is 17.1 Å². The zero-order valence-electron chi connectivity index (χ0n) is 13.9. The zero-order chi connectivity index (χ0) is 19.6. The molecule has 7 nitrogen and oxygen atoms in total. The number of carbonyl (C=O) groups is 1. The van der Waals surface area contributed by atoms with Crippen molar-refractivity contribution in [1.29, 1.82) is 0 Å². The van der Waals surface area contributed by atoms with Crippen LogP contribution in [0.15, 0.2) is 47.6 Å². The van der Waals surface area contributed by atoms with Crippen LogP contribution in [0.5, 0.6) is 5.75 Å². The molecule has 10 heteroatoms. The summed E-state index contributed by atoms with van der Waals surface area (Å²) in [5.41, 5.74) is 1.71. The molecule has 0 spiro atoms. The number of fused-ring (bicyclic) bond motifs is 1. The van der Waals surface area contributed by atoms with Gasteiger partial charge in [0.25, 0.3) is 5.91 Å². The van der Waals surface area contributed by atoms with Gasteiger partial charge in [0.15, 0.2) is 5.69 Å². The number of hydrogen-bond donors (Lipinski definition) is 2. The Bertz CT molecular complexity index is 1010.